The zero-order valence-electron chi connectivity index (χ0n) is 12.8. The van der Waals surface area contributed by atoms with Crippen molar-refractivity contribution < 1.29 is 14.6 Å². The molecule has 0 saturated carbocycles. The van der Waals surface area contributed by atoms with Gasteiger partial charge in [-0.05, 0) is 36.8 Å². The highest BCUT2D eigenvalue weighted by Crippen LogP contribution is 2.24. The average Bonchev–Trinajstić information content (AvgIpc) is 2.55. The topological polar surface area (TPSA) is 70.6 Å². The Balaban J connectivity index is 2.04. The van der Waals surface area contributed by atoms with Crippen LogP contribution in [0, 0.1) is 0 Å². The summed E-state index contributed by atoms with van der Waals surface area (Å²) in [6.07, 6.45) is 0. The van der Waals surface area contributed by atoms with E-state index in [2.05, 4.69) is 10.6 Å². The summed E-state index contributed by atoms with van der Waals surface area (Å²) in [6, 6.07) is 13.2. The number of urea groups is 1. The predicted molar refractivity (Wildman–Crippen MR) is 91.0 cm³/mol. The van der Waals surface area contributed by atoms with Gasteiger partial charge in [-0.3, -0.25) is 0 Å². The molecule has 0 heterocycles. The lowest BCUT2D eigenvalue weighted by Crippen LogP contribution is -2.34. The Kier molecular flexibility index (Phi) is 6.26. The fourth-order valence-electron chi connectivity index (χ4n) is 2.10. The van der Waals surface area contributed by atoms with Crippen molar-refractivity contribution in [3.63, 3.8) is 0 Å². The van der Waals surface area contributed by atoms with Crippen LogP contribution in [0.15, 0.2) is 48.5 Å². The van der Waals surface area contributed by atoms with E-state index in [0.717, 1.165) is 5.56 Å². The van der Waals surface area contributed by atoms with Crippen molar-refractivity contribution in [2.24, 2.45) is 0 Å². The minimum atomic E-state index is -0.522. The fraction of sp³-hybridized carbons (Fsp3) is 0.235. The lowest BCUT2D eigenvalue weighted by Gasteiger charge is -2.18. The van der Waals surface area contributed by atoms with Crippen molar-refractivity contribution in [3.05, 3.63) is 59.1 Å². The Morgan fingerprint density at radius 2 is 1.91 bits per heavy atom. The minimum absolute atomic E-state index is 0.220. The zero-order valence-corrected chi connectivity index (χ0v) is 13.5. The van der Waals surface area contributed by atoms with Crippen molar-refractivity contribution in [1.29, 1.82) is 0 Å². The molecule has 0 spiro atoms. The molecule has 0 saturated heterocycles. The number of para-hydroxylation sites is 2. The van der Waals surface area contributed by atoms with Crippen LogP contribution in [0.4, 0.5) is 10.5 Å². The molecular formula is C17H19ClN2O3. The monoisotopic (exact) mass is 334 g/mol. The Morgan fingerprint density at radius 3 is 2.57 bits per heavy atom. The molecule has 2 rings (SSSR count). The molecular weight excluding hydrogens is 316 g/mol. The molecule has 0 bridgehead atoms. The maximum atomic E-state index is 12.2. The van der Waals surface area contributed by atoms with E-state index in [1.165, 1.54) is 0 Å². The SMILES string of the molecule is CCOc1ccccc1NC(=O)NC(CO)c1ccc(Cl)cc1. The molecule has 6 heteroatoms. The second kappa shape index (κ2) is 8.41. The number of halogens is 1. The summed E-state index contributed by atoms with van der Waals surface area (Å²) in [6.45, 7) is 2.16. The normalized spacial score (nSPS) is 11.6. The molecule has 3 N–H and O–H groups in total. The lowest BCUT2D eigenvalue weighted by atomic mass is 10.1. The van der Waals surface area contributed by atoms with Gasteiger partial charge in [-0.2, -0.15) is 0 Å². The van der Waals surface area contributed by atoms with Crippen molar-refractivity contribution in [2.75, 3.05) is 18.5 Å². The largest absolute Gasteiger partial charge is 0.492 e. The number of benzene rings is 2. The van der Waals surface area contributed by atoms with Gasteiger partial charge in [-0.15, -0.1) is 0 Å². The van der Waals surface area contributed by atoms with Gasteiger partial charge in [0, 0.05) is 5.02 Å². The van der Waals surface area contributed by atoms with Crippen molar-refractivity contribution in [3.8, 4) is 5.75 Å². The number of carbonyl (C=O) groups is 1. The highest BCUT2D eigenvalue weighted by atomic mass is 35.5. The van der Waals surface area contributed by atoms with Crippen molar-refractivity contribution in [2.45, 2.75) is 13.0 Å². The smallest absolute Gasteiger partial charge is 0.319 e. The van der Waals surface area contributed by atoms with E-state index >= 15 is 0 Å². The number of hydrogen-bond acceptors (Lipinski definition) is 3. The van der Waals surface area contributed by atoms with Gasteiger partial charge in [-0.25, -0.2) is 4.79 Å². The number of rotatable bonds is 6. The summed E-state index contributed by atoms with van der Waals surface area (Å²) < 4.78 is 5.46. The van der Waals surface area contributed by atoms with Crippen LogP contribution >= 0.6 is 11.6 Å². The third-order valence-corrected chi connectivity index (χ3v) is 3.45. The Hall–Kier alpha value is -2.24. The maximum absolute atomic E-state index is 12.2. The van der Waals surface area contributed by atoms with Gasteiger partial charge in [0.25, 0.3) is 0 Å². The molecule has 5 nitrogen and oxygen atoms in total. The molecule has 122 valence electrons. The third-order valence-electron chi connectivity index (χ3n) is 3.20. The summed E-state index contributed by atoms with van der Waals surface area (Å²) >= 11 is 5.84. The summed E-state index contributed by atoms with van der Waals surface area (Å²) in [5, 5.41) is 15.6. The number of carbonyl (C=O) groups excluding carboxylic acids is 1. The number of ether oxygens (including phenoxy) is 1. The first-order valence-corrected chi connectivity index (χ1v) is 7.67. The van der Waals surface area contributed by atoms with E-state index in [9.17, 15) is 9.90 Å². The zero-order chi connectivity index (χ0) is 16.7. The molecule has 1 unspecified atom stereocenters. The standard InChI is InChI=1S/C17H19ClN2O3/c1-2-23-16-6-4-3-5-14(16)19-17(22)20-15(11-21)12-7-9-13(18)10-8-12/h3-10,15,21H,2,11H2,1H3,(H2,19,20,22). The average molecular weight is 335 g/mol. The summed E-state index contributed by atoms with van der Waals surface area (Å²) in [5.41, 5.74) is 1.34. The van der Waals surface area contributed by atoms with E-state index in [1.807, 2.05) is 13.0 Å². The quantitative estimate of drug-likeness (QED) is 0.756. The number of aliphatic hydroxyl groups excluding tert-OH is 1. The molecule has 2 aromatic carbocycles. The highest BCUT2D eigenvalue weighted by molar-refractivity contribution is 6.30. The first-order valence-electron chi connectivity index (χ1n) is 7.29. The molecule has 0 aliphatic heterocycles. The van der Waals surface area contributed by atoms with E-state index < -0.39 is 12.1 Å². The van der Waals surface area contributed by atoms with Gasteiger partial charge in [0.2, 0.25) is 0 Å². The lowest BCUT2D eigenvalue weighted by molar-refractivity contribution is 0.225. The Labute approximate surface area is 140 Å². The molecule has 0 fully saturated rings. The molecule has 2 aromatic rings. The van der Waals surface area contributed by atoms with Crippen molar-refractivity contribution in [1.82, 2.24) is 5.32 Å². The van der Waals surface area contributed by atoms with Crippen LogP contribution in [0.2, 0.25) is 5.02 Å². The third kappa shape index (κ3) is 4.87. The van der Waals surface area contributed by atoms with E-state index in [-0.39, 0.29) is 6.61 Å². The van der Waals surface area contributed by atoms with Crippen LogP contribution in [-0.4, -0.2) is 24.4 Å². The Morgan fingerprint density at radius 1 is 1.22 bits per heavy atom. The second-order valence-corrected chi connectivity index (χ2v) is 5.25. The number of aliphatic hydroxyl groups is 1. The molecule has 2 amide bonds. The van der Waals surface area contributed by atoms with E-state index in [4.69, 9.17) is 16.3 Å². The van der Waals surface area contributed by atoms with Crippen LogP contribution in [0.3, 0.4) is 0 Å². The number of hydrogen-bond donors (Lipinski definition) is 3. The van der Waals surface area contributed by atoms with Gasteiger partial charge >= 0.3 is 6.03 Å². The van der Waals surface area contributed by atoms with E-state index in [1.54, 1.807) is 42.5 Å². The minimum Gasteiger partial charge on any atom is -0.492 e. The van der Waals surface area contributed by atoms with Crippen molar-refractivity contribution >= 4 is 23.3 Å². The van der Waals surface area contributed by atoms with Crippen LogP contribution in [0.25, 0.3) is 0 Å². The van der Waals surface area contributed by atoms with Gasteiger partial charge in [0.15, 0.2) is 0 Å². The van der Waals surface area contributed by atoms with Gasteiger partial charge in [0.05, 0.1) is 24.9 Å². The van der Waals surface area contributed by atoms with Crippen LogP contribution < -0.4 is 15.4 Å². The number of anilines is 1. The number of amides is 2. The molecule has 0 radical (unpaired) electrons. The summed E-state index contributed by atoms with van der Waals surface area (Å²) in [7, 11) is 0. The van der Waals surface area contributed by atoms with Crippen LogP contribution in [-0.2, 0) is 0 Å². The van der Waals surface area contributed by atoms with Gasteiger partial charge in [0.1, 0.15) is 5.75 Å². The van der Waals surface area contributed by atoms with Gasteiger partial charge < -0.3 is 20.5 Å². The molecule has 23 heavy (non-hydrogen) atoms. The first kappa shape index (κ1) is 17.1. The summed E-state index contributed by atoms with van der Waals surface area (Å²) in [5.74, 6) is 0.595. The maximum Gasteiger partial charge on any atom is 0.319 e. The highest BCUT2D eigenvalue weighted by Gasteiger charge is 2.14. The second-order valence-electron chi connectivity index (χ2n) is 4.81. The predicted octanol–water partition coefficient (Wildman–Crippen LogP) is 3.59. The van der Waals surface area contributed by atoms with Crippen LogP contribution in [0.5, 0.6) is 5.75 Å². The molecule has 0 aromatic heterocycles. The number of nitrogens with one attached hydrogen (secondary N) is 2. The van der Waals surface area contributed by atoms with Crippen LogP contribution in [0.1, 0.15) is 18.5 Å². The Bertz CT molecular complexity index is 647. The molecule has 1 atom stereocenters. The van der Waals surface area contributed by atoms with Gasteiger partial charge in [-0.1, -0.05) is 35.9 Å². The summed E-state index contributed by atoms with van der Waals surface area (Å²) in [4.78, 5) is 12.2. The fourth-order valence-corrected chi connectivity index (χ4v) is 2.22. The molecule has 0 aliphatic rings. The first-order chi connectivity index (χ1) is 11.1. The van der Waals surface area contributed by atoms with E-state index in [0.29, 0.717) is 23.1 Å². The molecule has 0 aliphatic carbocycles.